The van der Waals surface area contributed by atoms with Crippen LogP contribution in [0.3, 0.4) is 0 Å². The van der Waals surface area contributed by atoms with E-state index in [1.807, 2.05) is 6.92 Å². The van der Waals surface area contributed by atoms with E-state index in [0.29, 0.717) is 11.1 Å². The molecular formula is C16H14Cl2O3S. The molecule has 0 atom stereocenters. The number of halogens is 2. The maximum absolute atomic E-state index is 12.6. The Balaban J connectivity index is 2.49. The predicted octanol–water partition coefficient (Wildman–Crippen LogP) is 4.80. The average molecular weight is 357 g/mol. The predicted molar refractivity (Wildman–Crippen MR) is 90.2 cm³/mol. The van der Waals surface area contributed by atoms with Gasteiger partial charge in [-0.15, -0.1) is 0 Å². The van der Waals surface area contributed by atoms with E-state index < -0.39 is 9.84 Å². The molecule has 3 nitrogen and oxygen atoms in total. The van der Waals surface area contributed by atoms with Gasteiger partial charge in [-0.2, -0.15) is 0 Å². The van der Waals surface area contributed by atoms with Crippen LogP contribution in [-0.2, 0) is 15.6 Å². The standard InChI is InChI=1S/C16H14Cl2O3S/c1-10-3-4-16(11(2)19)12(5-10)9-22(20,21)15-7-13(17)6-14(18)8-15/h3-8,19H,2,9H2,1H3. The van der Waals surface area contributed by atoms with Gasteiger partial charge in [0, 0.05) is 15.6 Å². The Hall–Kier alpha value is -1.49. The molecule has 0 aromatic heterocycles. The highest BCUT2D eigenvalue weighted by molar-refractivity contribution is 7.90. The number of hydrogen-bond acceptors (Lipinski definition) is 3. The summed E-state index contributed by atoms with van der Waals surface area (Å²) in [4.78, 5) is 0.0426. The first-order valence-electron chi connectivity index (χ1n) is 6.35. The van der Waals surface area contributed by atoms with Crippen LogP contribution < -0.4 is 0 Å². The largest absolute Gasteiger partial charge is 0.508 e. The molecule has 2 aromatic rings. The Morgan fingerprint density at radius 2 is 1.73 bits per heavy atom. The quantitative estimate of drug-likeness (QED) is 0.800. The van der Waals surface area contributed by atoms with Gasteiger partial charge in [0.15, 0.2) is 9.84 Å². The first-order valence-corrected chi connectivity index (χ1v) is 8.76. The molecule has 0 saturated carbocycles. The molecule has 0 radical (unpaired) electrons. The fourth-order valence-electron chi connectivity index (χ4n) is 2.12. The summed E-state index contributed by atoms with van der Waals surface area (Å²) < 4.78 is 25.1. The maximum Gasteiger partial charge on any atom is 0.182 e. The van der Waals surface area contributed by atoms with Gasteiger partial charge in [-0.25, -0.2) is 8.42 Å². The smallest absolute Gasteiger partial charge is 0.182 e. The highest BCUT2D eigenvalue weighted by Crippen LogP contribution is 2.27. The van der Waals surface area contributed by atoms with Gasteiger partial charge < -0.3 is 5.11 Å². The van der Waals surface area contributed by atoms with Gasteiger partial charge >= 0.3 is 0 Å². The summed E-state index contributed by atoms with van der Waals surface area (Å²) >= 11 is 11.7. The van der Waals surface area contributed by atoms with Crippen molar-refractivity contribution in [2.45, 2.75) is 17.6 Å². The van der Waals surface area contributed by atoms with Crippen LogP contribution in [0, 0.1) is 6.92 Å². The summed E-state index contributed by atoms with van der Waals surface area (Å²) in [5, 5.41) is 10.1. The highest BCUT2D eigenvalue weighted by Gasteiger charge is 2.19. The molecule has 0 aliphatic carbocycles. The third-order valence-corrected chi connectivity index (χ3v) is 5.19. The highest BCUT2D eigenvalue weighted by atomic mass is 35.5. The van der Waals surface area contributed by atoms with Gasteiger partial charge in [0.1, 0.15) is 5.76 Å². The van der Waals surface area contributed by atoms with E-state index in [0.717, 1.165) is 5.56 Å². The molecule has 2 aromatic carbocycles. The van der Waals surface area contributed by atoms with E-state index in [2.05, 4.69) is 6.58 Å². The molecule has 0 amide bonds. The molecule has 22 heavy (non-hydrogen) atoms. The summed E-state index contributed by atoms with van der Waals surface area (Å²) in [5.74, 6) is -0.449. The number of sulfone groups is 1. The van der Waals surface area contributed by atoms with Crippen molar-refractivity contribution in [3.05, 3.63) is 69.7 Å². The number of hydrogen-bond donors (Lipinski definition) is 1. The van der Waals surface area contributed by atoms with Crippen molar-refractivity contribution in [3.8, 4) is 0 Å². The third-order valence-electron chi connectivity index (χ3n) is 3.11. The lowest BCUT2D eigenvalue weighted by molar-refractivity contribution is 0.513. The second-order valence-corrected chi connectivity index (χ2v) is 7.83. The van der Waals surface area contributed by atoms with Crippen LogP contribution in [0.15, 0.2) is 47.9 Å². The van der Waals surface area contributed by atoms with E-state index >= 15 is 0 Å². The van der Waals surface area contributed by atoms with Gasteiger partial charge in [0.2, 0.25) is 0 Å². The Bertz CT molecular complexity index is 822. The number of benzene rings is 2. The van der Waals surface area contributed by atoms with Gasteiger partial charge in [0.25, 0.3) is 0 Å². The molecule has 0 spiro atoms. The fourth-order valence-corrected chi connectivity index (χ4v) is 4.20. The summed E-state index contributed by atoms with van der Waals surface area (Å²) in [5.41, 5.74) is 1.77. The van der Waals surface area contributed by atoms with Crippen molar-refractivity contribution in [2.75, 3.05) is 0 Å². The molecular weight excluding hydrogens is 343 g/mol. The van der Waals surface area contributed by atoms with Crippen molar-refractivity contribution < 1.29 is 13.5 Å². The minimum absolute atomic E-state index is 0.0426. The summed E-state index contributed by atoms with van der Waals surface area (Å²) in [6.45, 7) is 5.31. The third kappa shape index (κ3) is 3.83. The summed E-state index contributed by atoms with van der Waals surface area (Å²) in [6, 6.07) is 9.31. The normalized spacial score (nSPS) is 11.4. The van der Waals surface area contributed by atoms with Crippen LogP contribution in [0.4, 0.5) is 0 Å². The molecule has 0 unspecified atom stereocenters. The van der Waals surface area contributed by atoms with Crippen LogP contribution >= 0.6 is 23.2 Å². The molecule has 0 heterocycles. The molecule has 2 rings (SSSR count). The zero-order valence-corrected chi connectivity index (χ0v) is 14.1. The van der Waals surface area contributed by atoms with Crippen molar-refractivity contribution in [1.29, 1.82) is 0 Å². The lowest BCUT2D eigenvalue weighted by Crippen LogP contribution is -2.07. The van der Waals surface area contributed by atoms with Crippen LogP contribution in [0.5, 0.6) is 0 Å². The van der Waals surface area contributed by atoms with E-state index in [9.17, 15) is 13.5 Å². The minimum Gasteiger partial charge on any atom is -0.508 e. The monoisotopic (exact) mass is 356 g/mol. The lowest BCUT2D eigenvalue weighted by Gasteiger charge is -2.11. The lowest BCUT2D eigenvalue weighted by atomic mass is 10.0. The first kappa shape index (κ1) is 16.9. The number of aliphatic hydroxyl groups excluding tert-OH is 1. The average Bonchev–Trinajstić information content (AvgIpc) is 2.36. The second-order valence-electron chi connectivity index (χ2n) is 4.97. The topological polar surface area (TPSA) is 54.4 Å². The maximum atomic E-state index is 12.6. The van der Waals surface area contributed by atoms with Crippen LogP contribution in [0.25, 0.3) is 5.76 Å². The van der Waals surface area contributed by atoms with Crippen molar-refractivity contribution in [3.63, 3.8) is 0 Å². The summed E-state index contributed by atoms with van der Waals surface area (Å²) in [7, 11) is -3.65. The van der Waals surface area contributed by atoms with Crippen molar-refractivity contribution in [2.24, 2.45) is 0 Å². The Morgan fingerprint density at radius 3 is 2.27 bits per heavy atom. The second kappa shape index (κ2) is 6.32. The fraction of sp³-hybridized carbons (Fsp3) is 0.125. The molecule has 0 aliphatic heterocycles. The van der Waals surface area contributed by atoms with E-state index in [4.69, 9.17) is 23.2 Å². The van der Waals surface area contributed by atoms with E-state index in [1.54, 1.807) is 18.2 Å². The molecule has 1 N–H and O–H groups in total. The van der Waals surface area contributed by atoms with E-state index in [1.165, 1.54) is 18.2 Å². The van der Waals surface area contributed by atoms with Crippen LogP contribution in [0.2, 0.25) is 10.0 Å². The molecule has 0 saturated heterocycles. The summed E-state index contributed by atoms with van der Waals surface area (Å²) in [6.07, 6.45) is 0. The first-order chi connectivity index (χ1) is 10.2. The van der Waals surface area contributed by atoms with E-state index in [-0.39, 0.29) is 26.5 Å². The zero-order valence-electron chi connectivity index (χ0n) is 11.8. The Morgan fingerprint density at radius 1 is 1.14 bits per heavy atom. The van der Waals surface area contributed by atoms with Crippen LogP contribution in [-0.4, -0.2) is 13.5 Å². The van der Waals surface area contributed by atoms with Gasteiger partial charge in [-0.3, -0.25) is 0 Å². The minimum atomic E-state index is -3.65. The Labute approximate surface area is 139 Å². The number of aryl methyl sites for hydroxylation is 1. The Kier molecular flexibility index (Phi) is 4.85. The number of rotatable bonds is 4. The van der Waals surface area contributed by atoms with Gasteiger partial charge in [-0.1, -0.05) is 53.5 Å². The molecule has 0 bridgehead atoms. The van der Waals surface area contributed by atoms with Gasteiger partial charge in [-0.05, 0) is 30.7 Å². The van der Waals surface area contributed by atoms with Gasteiger partial charge in [0.05, 0.1) is 10.6 Å². The molecule has 116 valence electrons. The molecule has 0 aliphatic rings. The zero-order chi connectivity index (χ0) is 16.5. The molecule has 6 heteroatoms. The number of aliphatic hydroxyl groups is 1. The molecule has 0 fully saturated rings. The van der Waals surface area contributed by atoms with Crippen molar-refractivity contribution in [1.82, 2.24) is 0 Å². The van der Waals surface area contributed by atoms with Crippen LogP contribution in [0.1, 0.15) is 16.7 Å². The SMILES string of the molecule is C=C(O)c1ccc(C)cc1CS(=O)(=O)c1cc(Cl)cc(Cl)c1. The van der Waals surface area contributed by atoms with Crippen molar-refractivity contribution >= 4 is 38.8 Å².